The molecule has 1 aliphatic rings. The topological polar surface area (TPSA) is 60.3 Å². The molecule has 1 unspecified atom stereocenters. The van der Waals surface area contributed by atoms with Gasteiger partial charge in [-0.05, 0) is 49.1 Å². The lowest BCUT2D eigenvalue weighted by molar-refractivity contribution is -0.116. The average Bonchev–Trinajstić information content (AvgIpc) is 3.46. The number of amides is 1. The summed E-state index contributed by atoms with van der Waals surface area (Å²) >= 11 is 1.44. The van der Waals surface area contributed by atoms with E-state index < -0.39 is 0 Å². The number of rotatable bonds is 8. The fourth-order valence-corrected chi connectivity index (χ4v) is 5.48. The maximum absolute atomic E-state index is 13.3. The zero-order valence-corrected chi connectivity index (χ0v) is 20.7. The highest BCUT2D eigenvalue weighted by Gasteiger charge is 2.30. The van der Waals surface area contributed by atoms with Crippen molar-refractivity contribution in [3.05, 3.63) is 90.0 Å². The van der Waals surface area contributed by atoms with Crippen LogP contribution >= 0.6 is 11.8 Å². The van der Waals surface area contributed by atoms with Crippen molar-refractivity contribution in [2.45, 2.75) is 37.5 Å². The van der Waals surface area contributed by atoms with Crippen LogP contribution in [0, 0.1) is 0 Å². The Morgan fingerprint density at radius 1 is 1.00 bits per heavy atom. The third kappa shape index (κ3) is 4.82. The Bertz CT molecular complexity index is 1320. The molecule has 0 aliphatic carbocycles. The van der Waals surface area contributed by atoms with E-state index in [1.807, 2.05) is 65.6 Å². The van der Waals surface area contributed by atoms with Crippen molar-refractivity contribution in [1.29, 1.82) is 0 Å². The monoisotopic (exact) mass is 484 g/mol. The van der Waals surface area contributed by atoms with Crippen LogP contribution in [0.4, 0.5) is 5.69 Å². The third-order valence-electron chi connectivity index (χ3n) is 6.33. The highest BCUT2D eigenvalue weighted by molar-refractivity contribution is 7.99. The summed E-state index contributed by atoms with van der Waals surface area (Å²) < 4.78 is 7.69. The molecule has 2 heterocycles. The van der Waals surface area contributed by atoms with Crippen molar-refractivity contribution in [3.8, 4) is 17.1 Å². The number of carbonyl (C=O) groups is 1. The molecule has 0 fully saturated rings. The van der Waals surface area contributed by atoms with Gasteiger partial charge in [-0.3, -0.25) is 4.79 Å². The number of methoxy groups -OCH3 is 1. The fraction of sp³-hybridized carbons (Fsp3) is 0.250. The molecule has 0 radical (unpaired) electrons. The number of carbonyl (C=O) groups excluding carboxylic acids is 1. The van der Waals surface area contributed by atoms with Gasteiger partial charge in [0.1, 0.15) is 5.75 Å². The molecule has 0 saturated heterocycles. The van der Waals surface area contributed by atoms with E-state index in [2.05, 4.69) is 39.9 Å². The molecule has 5 rings (SSSR count). The van der Waals surface area contributed by atoms with Gasteiger partial charge in [-0.1, -0.05) is 72.4 Å². The largest absolute Gasteiger partial charge is 0.496 e. The summed E-state index contributed by atoms with van der Waals surface area (Å²) in [5, 5.41) is 9.74. The van der Waals surface area contributed by atoms with E-state index in [1.54, 1.807) is 7.11 Å². The second-order valence-corrected chi connectivity index (χ2v) is 9.57. The maximum atomic E-state index is 13.3. The summed E-state index contributed by atoms with van der Waals surface area (Å²) in [4.78, 5) is 15.2. The first-order valence-corrected chi connectivity index (χ1v) is 12.8. The Balaban J connectivity index is 1.40. The summed E-state index contributed by atoms with van der Waals surface area (Å²) in [5.74, 6) is 1.88. The number of para-hydroxylation sites is 2. The Labute approximate surface area is 210 Å². The Hall–Kier alpha value is -3.58. The zero-order chi connectivity index (χ0) is 24.2. The lowest BCUT2D eigenvalue weighted by atomic mass is 10.1. The number of fused-ring (bicyclic) bond motifs is 1. The van der Waals surface area contributed by atoms with Crippen molar-refractivity contribution in [2.24, 2.45) is 0 Å². The molecule has 1 amide bonds. The van der Waals surface area contributed by atoms with E-state index in [0.29, 0.717) is 12.3 Å². The van der Waals surface area contributed by atoms with Crippen LogP contribution in [0.5, 0.6) is 5.75 Å². The van der Waals surface area contributed by atoms with Crippen LogP contribution in [0.2, 0.25) is 0 Å². The van der Waals surface area contributed by atoms with Gasteiger partial charge in [-0.2, -0.15) is 0 Å². The molecule has 0 bridgehead atoms. The SMILES string of the molecule is COc1ccccc1-c1nnc(SCC(=O)N2c3ccccc3CC2C)n1CCc1ccccc1. The first-order chi connectivity index (χ1) is 17.2. The Morgan fingerprint density at radius 3 is 2.57 bits per heavy atom. The van der Waals surface area contributed by atoms with Gasteiger partial charge in [0.05, 0.1) is 18.4 Å². The molecule has 0 spiro atoms. The number of aromatic nitrogens is 3. The number of nitrogens with zero attached hydrogens (tertiary/aromatic N) is 4. The summed E-state index contributed by atoms with van der Waals surface area (Å²) in [6, 6.07) is 26.5. The highest BCUT2D eigenvalue weighted by atomic mass is 32.2. The smallest absolute Gasteiger partial charge is 0.237 e. The van der Waals surface area contributed by atoms with Crippen LogP contribution in [0.1, 0.15) is 18.1 Å². The Kier molecular flexibility index (Phi) is 6.86. The number of hydrogen-bond acceptors (Lipinski definition) is 5. The molecule has 6 nitrogen and oxygen atoms in total. The number of anilines is 1. The van der Waals surface area contributed by atoms with E-state index in [9.17, 15) is 4.79 Å². The van der Waals surface area contributed by atoms with E-state index in [0.717, 1.165) is 40.8 Å². The minimum Gasteiger partial charge on any atom is -0.496 e. The van der Waals surface area contributed by atoms with Gasteiger partial charge in [0.25, 0.3) is 0 Å². The minimum atomic E-state index is 0.0869. The van der Waals surface area contributed by atoms with Crippen LogP contribution in [-0.4, -0.2) is 39.6 Å². The number of aryl methyl sites for hydroxylation is 1. The number of thioether (sulfide) groups is 1. The maximum Gasteiger partial charge on any atom is 0.237 e. The molecule has 1 aromatic heterocycles. The normalized spacial score (nSPS) is 14.7. The van der Waals surface area contributed by atoms with Crippen LogP contribution in [0.25, 0.3) is 11.4 Å². The van der Waals surface area contributed by atoms with Gasteiger partial charge in [-0.15, -0.1) is 10.2 Å². The molecular formula is C28H28N4O2S. The standard InChI is InChI=1S/C28H28N4O2S/c1-20-18-22-12-6-8-14-24(22)32(20)26(33)19-35-28-30-29-27(23-13-7-9-15-25(23)34-2)31(28)17-16-21-10-4-3-5-11-21/h3-15,20H,16-19H2,1-2H3. The van der Waals surface area contributed by atoms with Crippen molar-refractivity contribution >= 4 is 23.4 Å². The van der Waals surface area contributed by atoms with E-state index in [1.165, 1.54) is 22.9 Å². The number of ether oxygens (including phenoxy) is 1. The van der Waals surface area contributed by atoms with Gasteiger partial charge < -0.3 is 14.2 Å². The quantitative estimate of drug-likeness (QED) is 0.319. The van der Waals surface area contributed by atoms with Gasteiger partial charge in [-0.25, -0.2) is 0 Å². The first-order valence-electron chi connectivity index (χ1n) is 11.8. The van der Waals surface area contributed by atoms with Crippen LogP contribution in [-0.2, 0) is 24.2 Å². The molecule has 1 atom stereocenters. The number of hydrogen-bond donors (Lipinski definition) is 0. The predicted molar refractivity (Wildman–Crippen MR) is 140 cm³/mol. The molecule has 3 aromatic carbocycles. The second kappa shape index (κ2) is 10.4. The fourth-order valence-electron chi connectivity index (χ4n) is 4.65. The van der Waals surface area contributed by atoms with Gasteiger partial charge >= 0.3 is 0 Å². The zero-order valence-electron chi connectivity index (χ0n) is 19.9. The minimum absolute atomic E-state index is 0.0869. The lowest BCUT2D eigenvalue weighted by Gasteiger charge is -2.22. The van der Waals surface area contributed by atoms with E-state index in [-0.39, 0.29) is 11.9 Å². The van der Waals surface area contributed by atoms with Crippen LogP contribution < -0.4 is 9.64 Å². The van der Waals surface area contributed by atoms with Crippen LogP contribution in [0.3, 0.4) is 0 Å². The highest BCUT2D eigenvalue weighted by Crippen LogP contribution is 2.34. The van der Waals surface area contributed by atoms with E-state index in [4.69, 9.17) is 4.74 Å². The van der Waals surface area contributed by atoms with Crippen LogP contribution in [0.15, 0.2) is 84.0 Å². The summed E-state index contributed by atoms with van der Waals surface area (Å²) in [6.07, 6.45) is 1.72. The average molecular weight is 485 g/mol. The molecule has 35 heavy (non-hydrogen) atoms. The van der Waals surface area contributed by atoms with Gasteiger partial charge in [0, 0.05) is 18.3 Å². The molecule has 1 aliphatic heterocycles. The second-order valence-electron chi connectivity index (χ2n) is 8.63. The molecule has 7 heteroatoms. The number of benzene rings is 3. The van der Waals surface area contributed by atoms with Crippen molar-refractivity contribution in [1.82, 2.24) is 14.8 Å². The molecule has 0 N–H and O–H groups in total. The summed E-state index contributed by atoms with van der Waals surface area (Å²) in [7, 11) is 1.66. The summed E-state index contributed by atoms with van der Waals surface area (Å²) in [5.41, 5.74) is 4.37. The first kappa shape index (κ1) is 23.2. The Morgan fingerprint density at radius 2 is 1.74 bits per heavy atom. The molecule has 178 valence electrons. The lowest BCUT2D eigenvalue weighted by Crippen LogP contribution is -2.37. The van der Waals surface area contributed by atoms with Gasteiger partial charge in [0.2, 0.25) is 5.91 Å². The van der Waals surface area contributed by atoms with Crippen molar-refractivity contribution in [3.63, 3.8) is 0 Å². The van der Waals surface area contributed by atoms with Crippen molar-refractivity contribution in [2.75, 3.05) is 17.8 Å². The van der Waals surface area contributed by atoms with E-state index >= 15 is 0 Å². The summed E-state index contributed by atoms with van der Waals surface area (Å²) in [6.45, 7) is 2.80. The predicted octanol–water partition coefficient (Wildman–Crippen LogP) is 5.27. The van der Waals surface area contributed by atoms with Crippen molar-refractivity contribution < 1.29 is 9.53 Å². The molecule has 4 aromatic rings. The molecule has 0 saturated carbocycles. The molecular weight excluding hydrogens is 456 g/mol. The van der Waals surface area contributed by atoms with Gasteiger partial charge in [0.15, 0.2) is 11.0 Å². The third-order valence-corrected chi connectivity index (χ3v) is 7.28.